The highest BCUT2D eigenvalue weighted by Gasteiger charge is 2.42. The first-order valence-electron chi connectivity index (χ1n) is 16.8. The number of aliphatic hydroxyl groups is 1. The van der Waals surface area contributed by atoms with Crippen LogP contribution in [0.4, 0.5) is 0 Å². The molecule has 2 N–H and O–H groups in total. The Morgan fingerprint density at radius 1 is 0.915 bits per heavy atom. The van der Waals surface area contributed by atoms with E-state index in [1.54, 1.807) is 0 Å². The van der Waals surface area contributed by atoms with Gasteiger partial charge in [-0.1, -0.05) is 51.1 Å². The van der Waals surface area contributed by atoms with Crippen LogP contribution in [0.2, 0.25) is 0 Å². The molecule has 0 unspecified atom stereocenters. The second kappa shape index (κ2) is 11.8. The standard InChI is InChI=1S/C40H42N4O3/c1-8-25-21(4)37-35(24-13-11-10-12-14-24)38-22(5)27(15-16-34(46)47-7)39(44-38)29-18-33(45)28-17-30(42-40(28)29)23(6)36-26(9-2)20(3)31(41-36)19-32(25)43-37/h10-14,17,19,22,27,44-45H,8-9,15-16,18H2,1-7H3/t22-,27-/m0/s1. The van der Waals surface area contributed by atoms with Crippen LogP contribution in [0.15, 0.2) is 131 Å². The number of benzene rings is 1. The van der Waals surface area contributed by atoms with E-state index in [1.807, 2.05) is 12.1 Å². The number of ether oxygens (including phenoxy) is 1. The lowest BCUT2D eigenvalue weighted by Crippen LogP contribution is -2.16. The molecule has 7 heteroatoms. The molecule has 6 aliphatic rings. The topological polar surface area (TPSA) is 95.6 Å². The summed E-state index contributed by atoms with van der Waals surface area (Å²) in [4.78, 5) is 28.3. The summed E-state index contributed by atoms with van der Waals surface area (Å²) in [6.45, 7) is 13.0. The first kappa shape index (κ1) is 30.9. The van der Waals surface area contributed by atoms with Gasteiger partial charge in [-0.15, -0.1) is 0 Å². The van der Waals surface area contributed by atoms with Gasteiger partial charge in [0.1, 0.15) is 5.76 Å². The highest BCUT2D eigenvalue weighted by Crippen LogP contribution is 2.48. The number of nitrogens with zero attached hydrogens (tertiary/aromatic N) is 3. The van der Waals surface area contributed by atoms with E-state index in [4.69, 9.17) is 19.7 Å². The van der Waals surface area contributed by atoms with Crippen molar-refractivity contribution in [3.8, 4) is 0 Å². The van der Waals surface area contributed by atoms with Crippen molar-refractivity contribution in [2.24, 2.45) is 26.8 Å². The van der Waals surface area contributed by atoms with Gasteiger partial charge in [0.05, 0.1) is 41.3 Å². The number of rotatable bonds is 6. The molecule has 2 atom stereocenters. The largest absolute Gasteiger partial charge is 0.511 e. The number of carbonyl (C=O) groups excluding carboxylic acids is 1. The number of hydrogen-bond donors (Lipinski definition) is 2. The molecule has 8 bridgehead atoms. The lowest BCUT2D eigenvalue weighted by atomic mass is 9.83. The molecule has 0 spiro atoms. The fourth-order valence-corrected chi connectivity index (χ4v) is 7.97. The van der Waals surface area contributed by atoms with Crippen LogP contribution >= 0.6 is 0 Å². The molecule has 1 aliphatic carbocycles. The third-order valence-corrected chi connectivity index (χ3v) is 10.6. The van der Waals surface area contributed by atoms with E-state index in [2.05, 4.69) is 77.2 Å². The van der Waals surface area contributed by atoms with Gasteiger partial charge in [0, 0.05) is 58.4 Å². The van der Waals surface area contributed by atoms with E-state index < -0.39 is 0 Å². The highest BCUT2D eigenvalue weighted by molar-refractivity contribution is 6.34. The van der Waals surface area contributed by atoms with Crippen molar-refractivity contribution in [3.05, 3.63) is 121 Å². The molecule has 0 amide bonds. The van der Waals surface area contributed by atoms with Crippen molar-refractivity contribution in [2.45, 2.75) is 73.6 Å². The Labute approximate surface area is 277 Å². The maximum atomic E-state index is 12.5. The Morgan fingerprint density at radius 3 is 2.34 bits per heavy atom. The average Bonchev–Trinajstić information content (AvgIpc) is 3.86. The number of methoxy groups -OCH3 is 1. The summed E-state index contributed by atoms with van der Waals surface area (Å²) in [6, 6.07) is 10.5. The molecule has 1 saturated heterocycles. The highest BCUT2D eigenvalue weighted by atomic mass is 16.5. The number of hydrogen-bond acceptors (Lipinski definition) is 7. The minimum absolute atomic E-state index is 0.0161. The van der Waals surface area contributed by atoms with Gasteiger partial charge in [0.15, 0.2) is 0 Å². The van der Waals surface area contributed by atoms with E-state index in [1.165, 1.54) is 18.3 Å². The number of esters is 1. The van der Waals surface area contributed by atoms with Gasteiger partial charge < -0.3 is 15.2 Å². The number of aliphatic hydroxyl groups excluding tert-OH is 1. The predicted molar refractivity (Wildman–Crippen MR) is 189 cm³/mol. The Balaban J connectivity index is 1.55. The van der Waals surface area contributed by atoms with Crippen LogP contribution in [0.1, 0.15) is 79.2 Å². The van der Waals surface area contributed by atoms with Crippen LogP contribution in [0.25, 0.3) is 5.57 Å². The zero-order chi connectivity index (χ0) is 33.1. The molecule has 5 heterocycles. The number of carbonyl (C=O) groups is 1. The molecular formula is C40H42N4O3. The monoisotopic (exact) mass is 626 g/mol. The molecule has 0 aromatic heterocycles. The molecule has 0 radical (unpaired) electrons. The lowest BCUT2D eigenvalue weighted by molar-refractivity contribution is -0.140. The number of nitrogens with one attached hydrogen (secondary N) is 1. The van der Waals surface area contributed by atoms with Gasteiger partial charge >= 0.3 is 5.97 Å². The minimum Gasteiger partial charge on any atom is -0.511 e. The van der Waals surface area contributed by atoms with Crippen molar-refractivity contribution in [1.29, 1.82) is 0 Å². The van der Waals surface area contributed by atoms with Crippen molar-refractivity contribution >= 4 is 28.7 Å². The number of fused-ring (bicyclic) bond motifs is 5. The first-order valence-corrected chi connectivity index (χ1v) is 16.8. The molecule has 1 aromatic rings. The summed E-state index contributed by atoms with van der Waals surface area (Å²) in [7, 11) is 1.44. The predicted octanol–water partition coefficient (Wildman–Crippen LogP) is 8.55. The lowest BCUT2D eigenvalue weighted by Gasteiger charge is -2.19. The minimum atomic E-state index is -0.231. The van der Waals surface area contributed by atoms with Crippen molar-refractivity contribution < 1.29 is 14.6 Å². The third-order valence-electron chi connectivity index (χ3n) is 10.6. The van der Waals surface area contributed by atoms with E-state index in [9.17, 15) is 9.90 Å². The fourth-order valence-electron chi connectivity index (χ4n) is 7.97. The zero-order valence-corrected chi connectivity index (χ0v) is 28.3. The SMILES string of the molecule is CCC1=C(C)C2=NC1=CC1=NC(=C(C)C3=CC4=C(O)CC(=C5NC(=C2c2ccccc2)[C@@H](C)[C@@H]5CCC(=O)OC)C4=N3)C(CC)=C1C. The van der Waals surface area contributed by atoms with Crippen LogP contribution in [0, 0.1) is 11.8 Å². The fraction of sp³-hybridized carbons (Fsp3) is 0.350. The summed E-state index contributed by atoms with van der Waals surface area (Å²) >= 11 is 0. The summed E-state index contributed by atoms with van der Waals surface area (Å²) in [5.74, 6) is 0.103. The second-order valence-corrected chi connectivity index (χ2v) is 13.1. The smallest absolute Gasteiger partial charge is 0.305 e. The van der Waals surface area contributed by atoms with Crippen molar-refractivity contribution in [2.75, 3.05) is 7.11 Å². The molecule has 7 nitrogen and oxygen atoms in total. The van der Waals surface area contributed by atoms with Gasteiger partial charge in [-0.3, -0.25) is 4.79 Å². The normalized spacial score (nSPS) is 23.5. The molecule has 1 aromatic carbocycles. The molecule has 5 aliphatic heterocycles. The van der Waals surface area contributed by atoms with Crippen molar-refractivity contribution in [3.63, 3.8) is 0 Å². The molecular weight excluding hydrogens is 584 g/mol. The first-order chi connectivity index (χ1) is 22.7. The molecule has 47 heavy (non-hydrogen) atoms. The summed E-state index contributed by atoms with van der Waals surface area (Å²) in [5, 5.41) is 15.2. The average molecular weight is 627 g/mol. The Bertz CT molecular complexity index is 1990. The summed E-state index contributed by atoms with van der Waals surface area (Å²) < 4.78 is 5.07. The molecule has 240 valence electrons. The van der Waals surface area contributed by atoms with E-state index in [0.717, 1.165) is 97.5 Å². The van der Waals surface area contributed by atoms with Gasteiger partial charge in [0.25, 0.3) is 0 Å². The maximum Gasteiger partial charge on any atom is 0.305 e. The second-order valence-electron chi connectivity index (χ2n) is 13.1. The zero-order valence-electron chi connectivity index (χ0n) is 28.3. The number of allylic oxidation sites excluding steroid dienone is 12. The third kappa shape index (κ3) is 4.86. The van der Waals surface area contributed by atoms with Crippen LogP contribution < -0.4 is 5.32 Å². The maximum absolute atomic E-state index is 12.5. The molecule has 0 saturated carbocycles. The van der Waals surface area contributed by atoms with E-state index in [-0.39, 0.29) is 17.8 Å². The van der Waals surface area contributed by atoms with Crippen LogP contribution in [0.3, 0.4) is 0 Å². The molecule has 1 fully saturated rings. The van der Waals surface area contributed by atoms with Gasteiger partial charge in [-0.2, -0.15) is 0 Å². The quantitative estimate of drug-likeness (QED) is 0.309. The summed E-state index contributed by atoms with van der Waals surface area (Å²) in [5.41, 5.74) is 17.1. The molecule has 7 rings (SSSR count). The summed E-state index contributed by atoms with van der Waals surface area (Å²) in [6.07, 6.45) is 7.15. The Hall–Kier alpha value is -4.78. The van der Waals surface area contributed by atoms with Crippen LogP contribution in [-0.4, -0.2) is 35.3 Å². The van der Waals surface area contributed by atoms with Gasteiger partial charge in [-0.25, -0.2) is 15.0 Å². The van der Waals surface area contributed by atoms with Crippen LogP contribution in [0.5, 0.6) is 0 Å². The van der Waals surface area contributed by atoms with E-state index >= 15 is 0 Å². The number of aliphatic imine (C=N–C) groups is 3. The van der Waals surface area contributed by atoms with E-state index in [0.29, 0.717) is 25.0 Å². The van der Waals surface area contributed by atoms with Gasteiger partial charge in [0.2, 0.25) is 0 Å². The van der Waals surface area contributed by atoms with Crippen LogP contribution in [-0.2, 0) is 9.53 Å². The van der Waals surface area contributed by atoms with Gasteiger partial charge in [-0.05, 0) is 80.0 Å². The van der Waals surface area contributed by atoms with Crippen molar-refractivity contribution in [1.82, 2.24) is 5.32 Å². The Morgan fingerprint density at radius 2 is 1.64 bits per heavy atom. The Kier molecular flexibility index (Phi) is 7.74.